The van der Waals surface area contributed by atoms with Gasteiger partial charge < -0.3 is 15.2 Å². The molecular weight excluding hydrogens is 324 g/mol. The van der Waals surface area contributed by atoms with E-state index in [4.69, 9.17) is 12.2 Å². The highest BCUT2D eigenvalue weighted by molar-refractivity contribution is 9.10. The average molecular weight is 339 g/mol. The zero-order valence-corrected chi connectivity index (χ0v) is 12.7. The van der Waals surface area contributed by atoms with E-state index >= 15 is 0 Å². The van der Waals surface area contributed by atoms with Crippen molar-refractivity contribution in [3.05, 3.63) is 47.5 Å². The Morgan fingerprint density at radius 1 is 1.32 bits per heavy atom. The van der Waals surface area contributed by atoms with Crippen LogP contribution in [0.4, 0.5) is 5.69 Å². The molecule has 2 rings (SSSR count). The van der Waals surface area contributed by atoms with Gasteiger partial charge in [0.15, 0.2) is 5.11 Å². The fourth-order valence-corrected chi connectivity index (χ4v) is 2.08. The van der Waals surface area contributed by atoms with Crippen molar-refractivity contribution >= 4 is 38.9 Å². The third-order valence-electron chi connectivity index (χ3n) is 2.54. The minimum Gasteiger partial charge on any atom is -0.362 e. The van der Waals surface area contributed by atoms with Crippen LogP contribution in [-0.2, 0) is 6.54 Å². The van der Waals surface area contributed by atoms with Crippen LogP contribution in [0.15, 0.2) is 47.5 Å². The third kappa shape index (κ3) is 5.00. The van der Waals surface area contributed by atoms with Crippen LogP contribution in [0.5, 0.6) is 0 Å². The normalized spacial score (nSPS) is 10.2. The summed E-state index contributed by atoms with van der Waals surface area (Å²) in [6, 6.07) is 7.90. The van der Waals surface area contributed by atoms with E-state index in [2.05, 4.69) is 31.5 Å². The van der Waals surface area contributed by atoms with E-state index in [-0.39, 0.29) is 0 Å². The number of hydrogen-bond acceptors (Lipinski definition) is 2. The summed E-state index contributed by atoms with van der Waals surface area (Å²) in [7, 11) is 0. The number of nitrogens with one attached hydrogen (secondary N) is 2. The molecule has 0 saturated heterocycles. The zero-order chi connectivity index (χ0) is 13.5. The summed E-state index contributed by atoms with van der Waals surface area (Å²) >= 11 is 8.63. The minimum absolute atomic E-state index is 0.646. The quantitative estimate of drug-likeness (QED) is 0.649. The molecule has 2 aromatic rings. The predicted octanol–water partition coefficient (Wildman–Crippen LogP) is 3.02. The lowest BCUT2D eigenvalue weighted by Crippen LogP contribution is -2.29. The van der Waals surface area contributed by atoms with E-state index in [1.165, 1.54) is 0 Å². The Balaban J connectivity index is 1.65. The molecule has 2 N–H and O–H groups in total. The lowest BCUT2D eigenvalue weighted by atomic mass is 10.3. The highest BCUT2D eigenvalue weighted by Crippen LogP contribution is 2.13. The number of nitrogens with zero attached hydrogens (tertiary/aromatic N) is 2. The van der Waals surface area contributed by atoms with Gasteiger partial charge in [0.1, 0.15) is 0 Å². The van der Waals surface area contributed by atoms with Gasteiger partial charge >= 0.3 is 0 Å². The first kappa shape index (κ1) is 14.0. The molecule has 0 unspecified atom stereocenters. The van der Waals surface area contributed by atoms with Crippen molar-refractivity contribution in [2.75, 3.05) is 11.9 Å². The number of benzene rings is 1. The summed E-state index contributed by atoms with van der Waals surface area (Å²) < 4.78 is 3.10. The predicted molar refractivity (Wildman–Crippen MR) is 85.2 cm³/mol. The second-order valence-electron chi connectivity index (χ2n) is 4.04. The van der Waals surface area contributed by atoms with Crippen molar-refractivity contribution in [3.8, 4) is 0 Å². The second-order valence-corrected chi connectivity index (χ2v) is 5.37. The average Bonchev–Trinajstić information content (AvgIpc) is 2.91. The molecule has 1 aromatic heterocycles. The van der Waals surface area contributed by atoms with E-state index in [9.17, 15) is 0 Å². The molecule has 0 spiro atoms. The Bertz CT molecular complexity index is 510. The van der Waals surface area contributed by atoms with Crippen molar-refractivity contribution in [1.82, 2.24) is 14.9 Å². The molecule has 1 aromatic carbocycles. The van der Waals surface area contributed by atoms with Gasteiger partial charge in [0.2, 0.25) is 0 Å². The van der Waals surface area contributed by atoms with Gasteiger partial charge in [-0.1, -0.05) is 15.9 Å². The molecular formula is C13H15BrN4S. The van der Waals surface area contributed by atoms with E-state index in [1.807, 2.05) is 41.4 Å². The number of halogens is 1. The second kappa shape index (κ2) is 7.25. The van der Waals surface area contributed by atoms with Crippen molar-refractivity contribution in [2.24, 2.45) is 0 Å². The number of hydrogen-bond donors (Lipinski definition) is 2. The van der Waals surface area contributed by atoms with Crippen molar-refractivity contribution in [3.63, 3.8) is 0 Å². The standard InChI is InChI=1S/C13H15BrN4S/c14-11-2-4-12(5-3-11)17-13(19)16-6-1-8-18-9-7-15-10-18/h2-5,7,9-10H,1,6,8H2,(H2,16,17,19). The largest absolute Gasteiger partial charge is 0.362 e. The first-order valence-corrected chi connectivity index (χ1v) is 7.20. The maximum Gasteiger partial charge on any atom is 0.170 e. The molecule has 0 aliphatic heterocycles. The highest BCUT2D eigenvalue weighted by atomic mass is 79.9. The fourth-order valence-electron chi connectivity index (χ4n) is 1.59. The maximum atomic E-state index is 5.23. The summed E-state index contributed by atoms with van der Waals surface area (Å²) in [4.78, 5) is 4.00. The first-order valence-electron chi connectivity index (χ1n) is 6.00. The summed E-state index contributed by atoms with van der Waals surface area (Å²) in [5.41, 5.74) is 0.982. The molecule has 0 saturated carbocycles. The zero-order valence-electron chi connectivity index (χ0n) is 10.3. The van der Waals surface area contributed by atoms with Crippen LogP contribution in [0.1, 0.15) is 6.42 Å². The van der Waals surface area contributed by atoms with Gasteiger partial charge in [-0.15, -0.1) is 0 Å². The van der Waals surface area contributed by atoms with E-state index in [1.54, 1.807) is 6.20 Å². The third-order valence-corrected chi connectivity index (χ3v) is 3.31. The minimum atomic E-state index is 0.646. The molecule has 0 amide bonds. The number of thiocarbonyl (C=S) groups is 1. The summed E-state index contributed by atoms with van der Waals surface area (Å²) in [5, 5.41) is 6.97. The lowest BCUT2D eigenvalue weighted by molar-refractivity contribution is 0.632. The molecule has 6 heteroatoms. The Kier molecular flexibility index (Phi) is 5.35. The summed E-state index contributed by atoms with van der Waals surface area (Å²) in [5.74, 6) is 0. The van der Waals surface area contributed by atoms with Crippen LogP contribution >= 0.6 is 28.1 Å². The Hall–Kier alpha value is -1.40. The Morgan fingerprint density at radius 2 is 2.11 bits per heavy atom. The SMILES string of the molecule is S=C(NCCCn1ccnc1)Nc1ccc(Br)cc1. The van der Waals surface area contributed by atoms with E-state index in [0.717, 1.165) is 29.7 Å². The number of aromatic nitrogens is 2. The lowest BCUT2D eigenvalue weighted by Gasteiger charge is -2.10. The van der Waals surface area contributed by atoms with Crippen LogP contribution < -0.4 is 10.6 Å². The van der Waals surface area contributed by atoms with Gasteiger partial charge in [0.25, 0.3) is 0 Å². The van der Waals surface area contributed by atoms with Gasteiger partial charge in [-0.05, 0) is 42.9 Å². The Labute approximate surface area is 126 Å². The van der Waals surface area contributed by atoms with Crippen LogP contribution in [0.25, 0.3) is 0 Å². The van der Waals surface area contributed by atoms with Crippen LogP contribution in [-0.4, -0.2) is 21.2 Å². The van der Waals surface area contributed by atoms with Crippen LogP contribution in [0.2, 0.25) is 0 Å². The molecule has 0 aliphatic carbocycles. The van der Waals surface area contributed by atoms with E-state index in [0.29, 0.717) is 5.11 Å². The number of anilines is 1. The van der Waals surface area contributed by atoms with Crippen LogP contribution in [0.3, 0.4) is 0 Å². The van der Waals surface area contributed by atoms with Gasteiger partial charge in [-0.3, -0.25) is 0 Å². The number of rotatable bonds is 5. The Morgan fingerprint density at radius 3 is 2.79 bits per heavy atom. The molecule has 4 nitrogen and oxygen atoms in total. The highest BCUT2D eigenvalue weighted by Gasteiger charge is 1.97. The number of aryl methyl sites for hydroxylation is 1. The van der Waals surface area contributed by atoms with E-state index < -0.39 is 0 Å². The first-order chi connectivity index (χ1) is 9.24. The smallest absolute Gasteiger partial charge is 0.170 e. The van der Waals surface area contributed by atoms with Crippen LogP contribution in [0, 0.1) is 0 Å². The van der Waals surface area contributed by atoms with Crippen molar-refractivity contribution in [2.45, 2.75) is 13.0 Å². The van der Waals surface area contributed by atoms with Gasteiger partial charge in [0.05, 0.1) is 6.33 Å². The molecule has 0 radical (unpaired) electrons. The monoisotopic (exact) mass is 338 g/mol. The number of imidazole rings is 1. The molecule has 1 heterocycles. The van der Waals surface area contributed by atoms with Gasteiger partial charge in [0, 0.05) is 35.6 Å². The molecule has 0 bridgehead atoms. The fraction of sp³-hybridized carbons (Fsp3) is 0.231. The van der Waals surface area contributed by atoms with Crippen molar-refractivity contribution in [1.29, 1.82) is 0 Å². The van der Waals surface area contributed by atoms with Gasteiger partial charge in [-0.25, -0.2) is 4.98 Å². The molecule has 100 valence electrons. The summed E-state index contributed by atoms with van der Waals surface area (Å²) in [6.45, 7) is 1.77. The van der Waals surface area contributed by atoms with Gasteiger partial charge in [-0.2, -0.15) is 0 Å². The van der Waals surface area contributed by atoms with Crippen molar-refractivity contribution < 1.29 is 0 Å². The molecule has 0 atom stereocenters. The molecule has 0 aliphatic rings. The maximum absolute atomic E-state index is 5.23. The molecule has 19 heavy (non-hydrogen) atoms. The molecule has 0 fully saturated rings. The topological polar surface area (TPSA) is 41.9 Å². The summed E-state index contributed by atoms with van der Waals surface area (Å²) in [6.07, 6.45) is 6.56.